The summed E-state index contributed by atoms with van der Waals surface area (Å²) in [6.07, 6.45) is -1.31. The molecule has 0 aliphatic carbocycles. The second-order valence-electron chi connectivity index (χ2n) is 9.10. The Labute approximate surface area is 222 Å². The maximum absolute atomic E-state index is 13.9. The van der Waals surface area contributed by atoms with Crippen LogP contribution in [0.2, 0.25) is 0 Å². The van der Waals surface area contributed by atoms with Crippen LogP contribution in [0.1, 0.15) is 34.5 Å². The van der Waals surface area contributed by atoms with Crippen LogP contribution in [-0.2, 0) is 23.9 Å². The van der Waals surface area contributed by atoms with Crippen molar-refractivity contribution in [3.63, 3.8) is 0 Å². The number of halogens is 3. The molecule has 0 fully saturated rings. The Morgan fingerprint density at radius 3 is 2.31 bits per heavy atom. The maximum Gasteiger partial charge on any atom is 0.435 e. The average molecular weight is 539 g/mol. The molecule has 2 aromatic carbocycles. The van der Waals surface area contributed by atoms with Gasteiger partial charge in [0.05, 0.1) is 19.3 Å². The zero-order chi connectivity index (χ0) is 27.9. The Kier molecular flexibility index (Phi) is 6.62. The van der Waals surface area contributed by atoms with Crippen molar-refractivity contribution in [1.29, 1.82) is 0 Å². The fourth-order valence-corrected chi connectivity index (χ4v) is 4.55. The molecule has 0 spiro atoms. The van der Waals surface area contributed by atoms with Gasteiger partial charge in [0, 0.05) is 49.8 Å². The summed E-state index contributed by atoms with van der Waals surface area (Å²) in [6, 6.07) is 13.3. The molecule has 2 aromatic heterocycles. The van der Waals surface area contributed by atoms with Gasteiger partial charge < -0.3 is 19.1 Å². The first kappa shape index (κ1) is 26.0. The van der Waals surface area contributed by atoms with E-state index in [0.29, 0.717) is 29.5 Å². The predicted molar refractivity (Wildman–Crippen MR) is 136 cm³/mol. The SMILES string of the molecule is COc1ccc(-n2nc(C(F)(F)F)c3c2C(=O)N(c2ccc(-n4ccnc4CN(C)C(C)=O)cc2)CC3)cc1. The van der Waals surface area contributed by atoms with E-state index in [9.17, 15) is 22.8 Å². The molecule has 0 atom stereocenters. The molecule has 202 valence electrons. The van der Waals surface area contributed by atoms with E-state index in [1.54, 1.807) is 72.9 Å². The average Bonchev–Trinajstić information content (AvgIpc) is 3.54. The number of ether oxygens (including phenoxy) is 1. The molecule has 5 rings (SSSR count). The highest BCUT2D eigenvalue weighted by Crippen LogP contribution is 2.37. The van der Waals surface area contributed by atoms with Crippen LogP contribution < -0.4 is 9.64 Å². The van der Waals surface area contributed by atoms with Gasteiger partial charge in [-0.25, -0.2) is 9.67 Å². The molecular formula is C27H25F3N6O3. The highest BCUT2D eigenvalue weighted by molar-refractivity contribution is 6.07. The van der Waals surface area contributed by atoms with Gasteiger partial charge in [0.25, 0.3) is 5.91 Å². The van der Waals surface area contributed by atoms with Crippen LogP contribution in [0.3, 0.4) is 0 Å². The van der Waals surface area contributed by atoms with Crippen LogP contribution in [0.5, 0.6) is 5.75 Å². The zero-order valence-corrected chi connectivity index (χ0v) is 21.4. The van der Waals surface area contributed by atoms with E-state index < -0.39 is 17.8 Å². The van der Waals surface area contributed by atoms with Crippen LogP contribution in [0.25, 0.3) is 11.4 Å². The van der Waals surface area contributed by atoms with Crippen molar-refractivity contribution < 1.29 is 27.5 Å². The standard InChI is InChI=1S/C27H25F3N6O3/c1-17(37)33(2)16-23-31-13-15-34(23)18-4-6-19(7-5-18)35-14-12-22-24(26(35)38)36(32-25(22)27(28,29)30)20-8-10-21(39-3)11-9-20/h4-11,13,15H,12,14,16H2,1-3H3. The van der Waals surface area contributed by atoms with E-state index in [-0.39, 0.29) is 30.1 Å². The van der Waals surface area contributed by atoms with E-state index in [2.05, 4.69) is 10.1 Å². The maximum atomic E-state index is 13.9. The Morgan fingerprint density at radius 1 is 1.05 bits per heavy atom. The van der Waals surface area contributed by atoms with Crippen LogP contribution in [0, 0.1) is 0 Å². The van der Waals surface area contributed by atoms with Crippen LogP contribution in [-0.4, -0.2) is 56.7 Å². The van der Waals surface area contributed by atoms with Gasteiger partial charge in [0.15, 0.2) is 5.69 Å². The molecule has 4 aromatic rings. The third-order valence-electron chi connectivity index (χ3n) is 6.68. The zero-order valence-electron chi connectivity index (χ0n) is 21.4. The Morgan fingerprint density at radius 2 is 1.69 bits per heavy atom. The van der Waals surface area contributed by atoms with Crippen LogP contribution >= 0.6 is 0 Å². The summed E-state index contributed by atoms with van der Waals surface area (Å²) in [5, 5.41) is 3.83. The number of hydrogen-bond donors (Lipinski definition) is 0. The van der Waals surface area contributed by atoms with E-state index in [1.165, 1.54) is 18.9 Å². The molecular weight excluding hydrogens is 513 g/mol. The molecule has 12 heteroatoms. The molecule has 0 radical (unpaired) electrons. The van der Waals surface area contributed by atoms with Crippen molar-refractivity contribution in [1.82, 2.24) is 24.2 Å². The lowest BCUT2D eigenvalue weighted by Gasteiger charge is -2.28. The highest BCUT2D eigenvalue weighted by Gasteiger charge is 2.43. The first-order valence-electron chi connectivity index (χ1n) is 12.1. The fraction of sp³-hybridized carbons (Fsp3) is 0.259. The van der Waals surface area contributed by atoms with Gasteiger partial charge in [-0.2, -0.15) is 18.3 Å². The Balaban J connectivity index is 1.48. The third-order valence-corrected chi connectivity index (χ3v) is 6.68. The lowest BCUT2D eigenvalue weighted by atomic mass is 10.0. The first-order valence-corrected chi connectivity index (χ1v) is 12.1. The first-order chi connectivity index (χ1) is 18.6. The molecule has 0 bridgehead atoms. The number of fused-ring (bicyclic) bond motifs is 1. The van der Waals surface area contributed by atoms with Crippen molar-refractivity contribution in [2.75, 3.05) is 25.6 Å². The number of anilines is 1. The van der Waals surface area contributed by atoms with E-state index in [4.69, 9.17) is 4.74 Å². The summed E-state index contributed by atoms with van der Waals surface area (Å²) in [5.74, 6) is 0.514. The second-order valence-corrected chi connectivity index (χ2v) is 9.10. The minimum absolute atomic E-state index is 0.00310. The number of carbonyl (C=O) groups is 2. The summed E-state index contributed by atoms with van der Waals surface area (Å²) < 4.78 is 49.6. The summed E-state index contributed by atoms with van der Waals surface area (Å²) >= 11 is 0. The fourth-order valence-electron chi connectivity index (χ4n) is 4.55. The predicted octanol–water partition coefficient (Wildman–Crippen LogP) is 4.27. The topological polar surface area (TPSA) is 85.5 Å². The number of nitrogens with zero attached hydrogens (tertiary/aromatic N) is 6. The number of alkyl halides is 3. The monoisotopic (exact) mass is 538 g/mol. The number of hydrogen-bond acceptors (Lipinski definition) is 5. The summed E-state index contributed by atoms with van der Waals surface area (Å²) in [7, 11) is 3.17. The number of rotatable bonds is 6. The van der Waals surface area contributed by atoms with E-state index >= 15 is 0 Å². The van der Waals surface area contributed by atoms with Gasteiger partial charge in [0.2, 0.25) is 5.91 Å². The number of carbonyl (C=O) groups excluding carboxylic acids is 2. The quantitative estimate of drug-likeness (QED) is 0.366. The van der Waals surface area contributed by atoms with E-state index in [0.717, 1.165) is 10.4 Å². The van der Waals surface area contributed by atoms with Crippen LogP contribution in [0.15, 0.2) is 60.9 Å². The van der Waals surface area contributed by atoms with Gasteiger partial charge in [-0.05, 0) is 55.0 Å². The third kappa shape index (κ3) is 4.85. The smallest absolute Gasteiger partial charge is 0.435 e. The van der Waals surface area contributed by atoms with Crippen molar-refractivity contribution >= 4 is 17.5 Å². The largest absolute Gasteiger partial charge is 0.497 e. The number of aromatic nitrogens is 4. The van der Waals surface area contributed by atoms with E-state index in [1.807, 2.05) is 4.57 Å². The second kappa shape index (κ2) is 9.93. The van der Waals surface area contributed by atoms with Crippen molar-refractivity contribution in [2.45, 2.75) is 26.1 Å². The Hall–Kier alpha value is -4.61. The van der Waals surface area contributed by atoms with Crippen molar-refractivity contribution in [3.8, 4) is 17.1 Å². The lowest BCUT2D eigenvalue weighted by molar-refractivity contribution is -0.142. The number of imidazole rings is 1. The molecule has 2 amide bonds. The number of benzene rings is 2. The highest BCUT2D eigenvalue weighted by atomic mass is 19.4. The number of amides is 2. The van der Waals surface area contributed by atoms with Gasteiger partial charge in [-0.15, -0.1) is 0 Å². The lowest BCUT2D eigenvalue weighted by Crippen LogP contribution is -2.39. The summed E-state index contributed by atoms with van der Waals surface area (Å²) in [4.78, 5) is 32.6. The minimum atomic E-state index is -4.70. The molecule has 1 aliphatic heterocycles. The minimum Gasteiger partial charge on any atom is -0.497 e. The normalized spacial score (nSPS) is 13.4. The molecule has 1 aliphatic rings. The molecule has 0 saturated carbocycles. The summed E-state index contributed by atoms with van der Waals surface area (Å²) in [5.41, 5.74) is 0.320. The molecule has 9 nitrogen and oxygen atoms in total. The van der Waals surface area contributed by atoms with Crippen LogP contribution in [0.4, 0.5) is 18.9 Å². The van der Waals surface area contributed by atoms with Gasteiger partial charge in [0.1, 0.15) is 17.3 Å². The van der Waals surface area contributed by atoms with Gasteiger partial charge >= 0.3 is 6.18 Å². The van der Waals surface area contributed by atoms with Gasteiger partial charge in [-0.3, -0.25) is 9.59 Å². The molecule has 39 heavy (non-hydrogen) atoms. The number of methoxy groups -OCH3 is 1. The molecule has 0 unspecified atom stereocenters. The molecule has 3 heterocycles. The summed E-state index contributed by atoms with van der Waals surface area (Å²) in [6.45, 7) is 1.86. The Bertz CT molecular complexity index is 1520. The molecule has 0 N–H and O–H groups in total. The van der Waals surface area contributed by atoms with Gasteiger partial charge in [-0.1, -0.05) is 0 Å². The molecule has 0 saturated heterocycles. The van der Waals surface area contributed by atoms with Crippen molar-refractivity contribution in [3.05, 3.63) is 83.7 Å². The van der Waals surface area contributed by atoms with Crippen molar-refractivity contribution in [2.24, 2.45) is 0 Å².